The molecule has 0 saturated carbocycles. The topological polar surface area (TPSA) is 128 Å². The summed E-state index contributed by atoms with van der Waals surface area (Å²) in [6.07, 6.45) is 0. The lowest BCUT2D eigenvalue weighted by molar-refractivity contribution is -0.387. The summed E-state index contributed by atoms with van der Waals surface area (Å²) in [5, 5.41) is 16.3. The molecule has 1 aromatic heterocycles. The lowest BCUT2D eigenvalue weighted by Gasteiger charge is -2.05. The molecule has 8 nitrogen and oxygen atoms in total. The Bertz CT molecular complexity index is 1140. The Hall–Kier alpha value is -3.24. The Morgan fingerprint density at radius 3 is 2.67 bits per heavy atom. The van der Waals surface area contributed by atoms with E-state index in [0.717, 1.165) is 40.2 Å². The first-order valence-electron chi connectivity index (χ1n) is 8.78. The summed E-state index contributed by atoms with van der Waals surface area (Å²) in [7, 11) is 0. The lowest BCUT2D eigenvalue weighted by atomic mass is 10.0. The van der Waals surface area contributed by atoms with Crippen LogP contribution in [0.3, 0.4) is 0 Å². The van der Waals surface area contributed by atoms with Crippen LogP contribution in [0.4, 0.5) is 10.8 Å². The van der Waals surface area contributed by atoms with Gasteiger partial charge in [0.15, 0.2) is 5.13 Å². The van der Waals surface area contributed by atoms with E-state index in [0.29, 0.717) is 5.13 Å². The normalized spacial score (nSPS) is 10.6. The van der Waals surface area contributed by atoms with Gasteiger partial charge < -0.3 is 11.1 Å². The van der Waals surface area contributed by atoms with Gasteiger partial charge in [0, 0.05) is 22.6 Å². The smallest absolute Gasteiger partial charge is 0.283 e. The molecular weight excluding hydrogens is 424 g/mol. The average molecular weight is 443 g/mol. The maximum atomic E-state index is 12.3. The van der Waals surface area contributed by atoms with Gasteiger partial charge in [0.05, 0.1) is 21.3 Å². The van der Waals surface area contributed by atoms with E-state index in [1.165, 1.54) is 23.5 Å². The summed E-state index contributed by atoms with van der Waals surface area (Å²) in [5.74, 6) is -1.14. The van der Waals surface area contributed by atoms with Gasteiger partial charge >= 0.3 is 0 Å². The highest BCUT2D eigenvalue weighted by Gasteiger charge is 2.18. The second kappa shape index (κ2) is 9.06. The number of nitro groups is 1. The molecule has 0 atom stereocenters. The van der Waals surface area contributed by atoms with Gasteiger partial charge in [-0.15, -0.1) is 23.1 Å². The average Bonchev–Trinajstić information content (AvgIpc) is 3.14. The van der Waals surface area contributed by atoms with E-state index in [1.54, 1.807) is 0 Å². The van der Waals surface area contributed by atoms with Crippen molar-refractivity contribution in [1.29, 1.82) is 0 Å². The fourth-order valence-corrected chi connectivity index (χ4v) is 4.32. The van der Waals surface area contributed by atoms with Crippen LogP contribution in [-0.4, -0.2) is 27.5 Å². The van der Waals surface area contributed by atoms with Crippen molar-refractivity contribution < 1.29 is 14.5 Å². The molecular formula is C20H18N4O4S2. The minimum absolute atomic E-state index is 0.0391. The molecule has 0 aliphatic rings. The van der Waals surface area contributed by atoms with Crippen molar-refractivity contribution in [3.63, 3.8) is 0 Å². The number of nitrogens with two attached hydrogens (primary N) is 1. The Kier molecular flexibility index (Phi) is 6.48. The van der Waals surface area contributed by atoms with Crippen LogP contribution in [0, 0.1) is 24.0 Å². The van der Waals surface area contributed by atoms with Crippen LogP contribution in [-0.2, 0) is 4.79 Å². The van der Waals surface area contributed by atoms with E-state index in [4.69, 9.17) is 5.73 Å². The van der Waals surface area contributed by atoms with E-state index in [2.05, 4.69) is 16.4 Å². The van der Waals surface area contributed by atoms with Crippen molar-refractivity contribution in [1.82, 2.24) is 4.98 Å². The Labute approximate surface area is 180 Å². The van der Waals surface area contributed by atoms with Crippen LogP contribution in [0.1, 0.15) is 21.5 Å². The monoisotopic (exact) mass is 442 g/mol. The molecule has 2 aromatic carbocycles. The summed E-state index contributed by atoms with van der Waals surface area (Å²) in [5.41, 5.74) is 8.97. The van der Waals surface area contributed by atoms with Crippen molar-refractivity contribution in [2.75, 3.05) is 11.1 Å². The number of carbonyl (C=O) groups excluding carboxylic acids is 2. The van der Waals surface area contributed by atoms with Crippen LogP contribution in [0.25, 0.3) is 11.3 Å². The van der Waals surface area contributed by atoms with Gasteiger partial charge in [0.25, 0.3) is 5.69 Å². The molecule has 3 N–H and O–H groups in total. The molecule has 0 bridgehead atoms. The van der Waals surface area contributed by atoms with Crippen LogP contribution >= 0.6 is 23.1 Å². The van der Waals surface area contributed by atoms with E-state index in [-0.39, 0.29) is 27.8 Å². The summed E-state index contributed by atoms with van der Waals surface area (Å²) in [6, 6.07) is 9.99. The van der Waals surface area contributed by atoms with E-state index in [9.17, 15) is 19.7 Å². The van der Waals surface area contributed by atoms with Crippen LogP contribution in [0.2, 0.25) is 0 Å². The number of hydrogen-bond acceptors (Lipinski definition) is 7. The first kappa shape index (κ1) is 21.5. The van der Waals surface area contributed by atoms with Gasteiger partial charge in [-0.2, -0.15) is 0 Å². The minimum atomic E-state index is -0.754. The molecule has 30 heavy (non-hydrogen) atoms. The highest BCUT2D eigenvalue weighted by atomic mass is 32.2. The number of rotatable bonds is 7. The number of nitro benzene ring substituents is 1. The number of amides is 2. The maximum Gasteiger partial charge on any atom is 0.283 e. The van der Waals surface area contributed by atoms with Crippen molar-refractivity contribution in [2.24, 2.45) is 5.73 Å². The Morgan fingerprint density at radius 2 is 2.00 bits per heavy atom. The van der Waals surface area contributed by atoms with Crippen molar-refractivity contribution in [3.8, 4) is 11.3 Å². The fraction of sp³-hybridized carbons (Fsp3) is 0.150. The number of anilines is 1. The molecule has 3 aromatic rings. The summed E-state index contributed by atoms with van der Waals surface area (Å²) in [4.78, 5) is 38.9. The zero-order chi connectivity index (χ0) is 21.8. The lowest BCUT2D eigenvalue weighted by Crippen LogP contribution is -2.14. The predicted octanol–water partition coefficient (Wildman–Crippen LogP) is 4.16. The zero-order valence-corrected chi connectivity index (χ0v) is 17.8. The molecule has 0 unspecified atom stereocenters. The number of nitrogens with zero attached hydrogens (tertiary/aromatic N) is 2. The van der Waals surface area contributed by atoms with E-state index < -0.39 is 10.8 Å². The first-order valence-corrected chi connectivity index (χ1v) is 10.6. The molecule has 154 valence electrons. The molecule has 0 radical (unpaired) electrons. The highest BCUT2D eigenvalue weighted by Crippen LogP contribution is 2.31. The second-order valence-electron chi connectivity index (χ2n) is 6.50. The zero-order valence-electron chi connectivity index (χ0n) is 16.2. The number of thioether (sulfide) groups is 1. The van der Waals surface area contributed by atoms with E-state index >= 15 is 0 Å². The quantitative estimate of drug-likeness (QED) is 0.321. The number of hydrogen-bond donors (Lipinski definition) is 2. The summed E-state index contributed by atoms with van der Waals surface area (Å²) < 4.78 is 0. The van der Waals surface area contributed by atoms with Gasteiger partial charge in [-0.1, -0.05) is 23.8 Å². The highest BCUT2D eigenvalue weighted by molar-refractivity contribution is 8.00. The molecule has 0 fully saturated rings. The van der Waals surface area contributed by atoms with Crippen LogP contribution in [0.5, 0.6) is 0 Å². The summed E-state index contributed by atoms with van der Waals surface area (Å²) in [6.45, 7) is 4.03. The van der Waals surface area contributed by atoms with E-state index in [1.807, 2.05) is 31.4 Å². The molecule has 3 rings (SSSR count). The summed E-state index contributed by atoms with van der Waals surface area (Å²) >= 11 is 2.31. The molecule has 10 heteroatoms. The third-order valence-corrected chi connectivity index (χ3v) is 6.03. The van der Waals surface area contributed by atoms with Crippen LogP contribution in [0.15, 0.2) is 46.7 Å². The molecule has 0 aliphatic carbocycles. The van der Waals surface area contributed by atoms with Gasteiger partial charge in [0.2, 0.25) is 11.8 Å². The molecule has 2 amide bonds. The van der Waals surface area contributed by atoms with Crippen molar-refractivity contribution >= 4 is 45.7 Å². The fourth-order valence-electron chi connectivity index (χ4n) is 2.79. The number of carbonyl (C=O) groups is 2. The predicted molar refractivity (Wildman–Crippen MR) is 118 cm³/mol. The van der Waals surface area contributed by atoms with Crippen molar-refractivity contribution in [2.45, 2.75) is 18.7 Å². The largest absolute Gasteiger partial charge is 0.366 e. The SMILES string of the molecule is Cc1ccc(-c2csc(NC(=O)CSc3ccc(C(N)=O)cc3[N+](=O)[O-])n2)c(C)c1. The molecule has 0 saturated heterocycles. The number of benzene rings is 2. The molecule has 0 spiro atoms. The van der Waals surface area contributed by atoms with Gasteiger partial charge in [-0.3, -0.25) is 19.7 Å². The first-order chi connectivity index (χ1) is 14.2. The standard InChI is InChI=1S/C20H18N4O4S2/c1-11-3-5-14(12(2)7-11)15-9-30-20(22-15)23-18(25)10-29-17-6-4-13(19(21)26)8-16(17)24(27)28/h3-9H,10H2,1-2H3,(H2,21,26)(H,22,23,25). The number of thiazole rings is 1. The number of primary amides is 1. The van der Waals surface area contributed by atoms with Crippen molar-refractivity contribution in [3.05, 3.63) is 68.6 Å². The second-order valence-corrected chi connectivity index (χ2v) is 8.37. The third kappa shape index (κ3) is 5.02. The van der Waals surface area contributed by atoms with Gasteiger partial charge in [0.1, 0.15) is 0 Å². The Morgan fingerprint density at radius 1 is 1.23 bits per heavy atom. The third-order valence-electron chi connectivity index (χ3n) is 4.21. The van der Waals surface area contributed by atoms with Crippen LogP contribution < -0.4 is 11.1 Å². The minimum Gasteiger partial charge on any atom is -0.366 e. The van der Waals surface area contributed by atoms with Gasteiger partial charge in [-0.25, -0.2) is 4.98 Å². The number of nitrogens with one attached hydrogen (secondary N) is 1. The van der Waals surface area contributed by atoms with Gasteiger partial charge in [-0.05, 0) is 31.5 Å². The Balaban J connectivity index is 1.66. The maximum absolute atomic E-state index is 12.3. The number of aromatic nitrogens is 1. The number of aryl methyl sites for hydroxylation is 2. The molecule has 1 heterocycles. The molecule has 0 aliphatic heterocycles.